The molecule has 0 spiro atoms. The van der Waals surface area contributed by atoms with Gasteiger partial charge in [0.05, 0.1) is 17.0 Å². The Kier molecular flexibility index (Phi) is 5.02. The van der Waals surface area contributed by atoms with E-state index in [0.717, 1.165) is 4.31 Å². The fourth-order valence-corrected chi connectivity index (χ4v) is 2.78. The highest BCUT2D eigenvalue weighted by Gasteiger charge is 2.24. The van der Waals surface area contributed by atoms with Crippen molar-refractivity contribution in [1.82, 2.24) is 4.31 Å². The number of benzene rings is 1. The van der Waals surface area contributed by atoms with E-state index in [-0.39, 0.29) is 24.0 Å². The van der Waals surface area contributed by atoms with Gasteiger partial charge in [0.15, 0.2) is 0 Å². The van der Waals surface area contributed by atoms with Crippen LogP contribution in [0.15, 0.2) is 29.2 Å². The zero-order valence-electron chi connectivity index (χ0n) is 10.4. The average Bonchev–Trinajstić information content (AvgIpc) is 2.38. The van der Waals surface area contributed by atoms with Gasteiger partial charge in [-0.2, -0.15) is 14.8 Å². The van der Waals surface area contributed by atoms with E-state index < -0.39 is 10.0 Å². The van der Waals surface area contributed by atoms with Crippen LogP contribution in [0.3, 0.4) is 0 Å². The first-order valence-electron chi connectivity index (χ1n) is 5.53. The number of nitriles is 2. The highest BCUT2D eigenvalue weighted by Crippen LogP contribution is 2.19. The highest BCUT2D eigenvalue weighted by molar-refractivity contribution is 7.89. The van der Waals surface area contributed by atoms with Crippen LogP contribution >= 0.6 is 0 Å². The Morgan fingerprint density at radius 3 is 2.37 bits per heavy atom. The van der Waals surface area contributed by atoms with Gasteiger partial charge in [-0.1, -0.05) is 12.1 Å². The smallest absolute Gasteiger partial charge is 0.244 e. The Labute approximate surface area is 112 Å². The van der Waals surface area contributed by atoms with Crippen molar-refractivity contribution in [3.63, 3.8) is 0 Å². The van der Waals surface area contributed by atoms with Crippen LogP contribution in [0, 0.1) is 22.7 Å². The van der Waals surface area contributed by atoms with Gasteiger partial charge in [0.2, 0.25) is 10.0 Å². The summed E-state index contributed by atoms with van der Waals surface area (Å²) in [5, 5.41) is 17.3. The van der Waals surface area contributed by atoms with Gasteiger partial charge in [-0.05, 0) is 24.6 Å². The SMILES string of the molecule is CC(N)c1cccc(S(=O)(=O)N(CC#N)CC#N)c1. The molecule has 1 atom stereocenters. The molecule has 1 rings (SSSR count). The molecule has 0 saturated carbocycles. The standard InChI is InChI=1S/C12H14N4O2S/c1-10(15)11-3-2-4-12(9-11)19(17,18)16(7-5-13)8-6-14/h2-4,9-10H,7-8,15H2,1H3. The van der Waals surface area contributed by atoms with Gasteiger partial charge in [0, 0.05) is 6.04 Å². The van der Waals surface area contributed by atoms with Crippen LogP contribution in [0.4, 0.5) is 0 Å². The molecule has 0 radical (unpaired) electrons. The van der Waals surface area contributed by atoms with E-state index in [2.05, 4.69) is 0 Å². The molecular formula is C12H14N4O2S. The van der Waals surface area contributed by atoms with Crippen molar-refractivity contribution in [2.45, 2.75) is 17.9 Å². The molecule has 0 aromatic heterocycles. The van der Waals surface area contributed by atoms with E-state index in [9.17, 15) is 8.42 Å². The van der Waals surface area contributed by atoms with Crippen molar-refractivity contribution in [1.29, 1.82) is 10.5 Å². The molecule has 0 aliphatic carbocycles. The summed E-state index contributed by atoms with van der Waals surface area (Å²) in [6, 6.07) is 9.37. The summed E-state index contributed by atoms with van der Waals surface area (Å²) < 4.78 is 25.4. The van der Waals surface area contributed by atoms with Crippen LogP contribution in [-0.2, 0) is 10.0 Å². The second-order valence-electron chi connectivity index (χ2n) is 3.95. The summed E-state index contributed by atoms with van der Waals surface area (Å²) in [6.45, 7) is 1.02. The quantitative estimate of drug-likeness (QED) is 0.799. The zero-order valence-corrected chi connectivity index (χ0v) is 11.3. The lowest BCUT2D eigenvalue weighted by atomic mass is 10.1. The van der Waals surface area contributed by atoms with Gasteiger partial charge in [-0.3, -0.25) is 0 Å². The molecule has 0 saturated heterocycles. The minimum absolute atomic E-state index is 0.0350. The highest BCUT2D eigenvalue weighted by atomic mass is 32.2. The molecule has 2 N–H and O–H groups in total. The molecule has 0 heterocycles. The largest absolute Gasteiger partial charge is 0.324 e. The van der Waals surface area contributed by atoms with Gasteiger partial charge >= 0.3 is 0 Å². The Morgan fingerprint density at radius 2 is 1.89 bits per heavy atom. The fraction of sp³-hybridized carbons (Fsp3) is 0.333. The minimum Gasteiger partial charge on any atom is -0.324 e. The summed E-state index contributed by atoms with van der Waals surface area (Å²) in [4.78, 5) is 0.0350. The number of sulfonamides is 1. The van der Waals surface area contributed by atoms with Gasteiger partial charge in [0.25, 0.3) is 0 Å². The third-order valence-electron chi connectivity index (χ3n) is 2.52. The fourth-order valence-electron chi connectivity index (χ4n) is 1.49. The van der Waals surface area contributed by atoms with E-state index >= 15 is 0 Å². The van der Waals surface area contributed by atoms with Crippen molar-refractivity contribution >= 4 is 10.0 Å². The van der Waals surface area contributed by atoms with Crippen molar-refractivity contribution < 1.29 is 8.42 Å². The molecule has 7 heteroatoms. The average molecular weight is 278 g/mol. The predicted molar refractivity (Wildman–Crippen MR) is 69.0 cm³/mol. The molecule has 0 bridgehead atoms. The van der Waals surface area contributed by atoms with E-state index in [1.807, 2.05) is 0 Å². The minimum atomic E-state index is -3.85. The number of hydrogen-bond donors (Lipinski definition) is 1. The zero-order chi connectivity index (χ0) is 14.5. The van der Waals surface area contributed by atoms with E-state index in [1.165, 1.54) is 12.1 Å². The number of nitrogens with zero attached hydrogens (tertiary/aromatic N) is 3. The van der Waals surface area contributed by atoms with Crippen molar-refractivity contribution in [3.05, 3.63) is 29.8 Å². The second kappa shape index (κ2) is 6.30. The molecule has 1 unspecified atom stereocenters. The molecule has 19 heavy (non-hydrogen) atoms. The van der Waals surface area contributed by atoms with Gasteiger partial charge < -0.3 is 5.73 Å². The van der Waals surface area contributed by atoms with Crippen LogP contribution in [0.25, 0.3) is 0 Å². The normalized spacial score (nSPS) is 12.7. The third-order valence-corrected chi connectivity index (χ3v) is 4.30. The van der Waals surface area contributed by atoms with Crippen LogP contribution in [0.1, 0.15) is 18.5 Å². The van der Waals surface area contributed by atoms with Gasteiger partial charge in [-0.25, -0.2) is 8.42 Å². The monoisotopic (exact) mass is 278 g/mol. The van der Waals surface area contributed by atoms with Crippen molar-refractivity contribution in [2.24, 2.45) is 5.73 Å². The van der Waals surface area contributed by atoms with Crippen LogP contribution in [-0.4, -0.2) is 25.8 Å². The van der Waals surface area contributed by atoms with Crippen LogP contribution < -0.4 is 5.73 Å². The lowest BCUT2D eigenvalue weighted by Gasteiger charge is -2.17. The third kappa shape index (κ3) is 3.52. The van der Waals surface area contributed by atoms with Crippen molar-refractivity contribution in [3.8, 4) is 12.1 Å². The van der Waals surface area contributed by atoms with E-state index in [0.29, 0.717) is 5.56 Å². The molecular weight excluding hydrogens is 264 g/mol. The molecule has 0 aliphatic heterocycles. The second-order valence-corrected chi connectivity index (χ2v) is 5.89. The Bertz CT molecular complexity index is 610. The van der Waals surface area contributed by atoms with Crippen LogP contribution in [0.5, 0.6) is 0 Å². The molecule has 1 aromatic rings. The molecule has 1 aromatic carbocycles. The first-order chi connectivity index (χ1) is 8.93. The maximum Gasteiger partial charge on any atom is 0.244 e. The number of hydrogen-bond acceptors (Lipinski definition) is 5. The van der Waals surface area contributed by atoms with Crippen molar-refractivity contribution in [2.75, 3.05) is 13.1 Å². The Hall–Kier alpha value is -1.93. The first-order valence-corrected chi connectivity index (χ1v) is 6.97. The summed E-state index contributed by atoms with van der Waals surface area (Å²) in [5.74, 6) is 0. The molecule has 100 valence electrons. The molecule has 0 fully saturated rings. The predicted octanol–water partition coefficient (Wildman–Crippen LogP) is 0.744. The number of nitrogens with two attached hydrogens (primary N) is 1. The van der Waals surface area contributed by atoms with Crippen LogP contribution in [0.2, 0.25) is 0 Å². The summed E-state index contributed by atoms with van der Waals surface area (Å²) in [7, 11) is -3.85. The molecule has 0 amide bonds. The van der Waals surface area contributed by atoms with Gasteiger partial charge in [-0.15, -0.1) is 0 Å². The van der Waals surface area contributed by atoms with E-state index in [4.69, 9.17) is 16.3 Å². The maximum atomic E-state index is 12.3. The van der Waals surface area contributed by atoms with E-state index in [1.54, 1.807) is 31.2 Å². The summed E-state index contributed by atoms with van der Waals surface area (Å²) in [6.07, 6.45) is 0. The lowest BCUT2D eigenvalue weighted by Crippen LogP contribution is -2.32. The Balaban J connectivity index is 3.22. The molecule has 0 aliphatic rings. The molecule has 6 nitrogen and oxygen atoms in total. The summed E-state index contributed by atoms with van der Waals surface area (Å²) >= 11 is 0. The summed E-state index contributed by atoms with van der Waals surface area (Å²) in [5.41, 5.74) is 6.38. The Morgan fingerprint density at radius 1 is 1.32 bits per heavy atom. The first kappa shape index (κ1) is 15.1. The lowest BCUT2D eigenvalue weighted by molar-refractivity contribution is 0.479. The van der Waals surface area contributed by atoms with Gasteiger partial charge in [0.1, 0.15) is 13.1 Å². The topological polar surface area (TPSA) is 111 Å². The maximum absolute atomic E-state index is 12.3. The number of rotatable bonds is 5.